The molecule has 3 aromatic heterocycles. The van der Waals surface area contributed by atoms with Crippen molar-refractivity contribution in [3.8, 4) is 0 Å². The molecule has 0 aromatic carbocycles. The van der Waals surface area contributed by atoms with E-state index in [1.54, 1.807) is 0 Å². The van der Waals surface area contributed by atoms with Gasteiger partial charge >= 0.3 is 0 Å². The zero-order chi connectivity index (χ0) is 27.3. The molecule has 7 nitrogen and oxygen atoms in total. The van der Waals surface area contributed by atoms with Gasteiger partial charge in [0.2, 0.25) is 0 Å². The van der Waals surface area contributed by atoms with Gasteiger partial charge in [0.1, 0.15) is 0 Å². The molecule has 2 aliphatic heterocycles. The van der Waals surface area contributed by atoms with Crippen molar-refractivity contribution in [2.45, 2.75) is 90.8 Å². The van der Waals surface area contributed by atoms with Gasteiger partial charge in [-0.15, -0.1) is 11.3 Å². The van der Waals surface area contributed by atoms with E-state index in [1.807, 2.05) is 48.4 Å². The SMILES string of the molecule is Cc1cc(C)c(CN2CCCc3sc(C(C)C4CCC(N5CC(n6cccn6)C5)CC4)c(C)c3C2=O)c(=O)[nH]1. The summed E-state index contributed by atoms with van der Waals surface area (Å²) in [5, 5.41) is 4.42. The first-order valence-electron chi connectivity index (χ1n) is 14.6. The van der Waals surface area contributed by atoms with Gasteiger partial charge in [-0.05, 0) is 94.4 Å². The third-order valence-corrected chi connectivity index (χ3v) is 11.2. The minimum absolute atomic E-state index is 0.0770. The van der Waals surface area contributed by atoms with E-state index in [-0.39, 0.29) is 11.5 Å². The zero-order valence-electron chi connectivity index (χ0n) is 23.7. The van der Waals surface area contributed by atoms with Crippen LogP contribution in [0.15, 0.2) is 29.3 Å². The predicted octanol–water partition coefficient (Wildman–Crippen LogP) is 5.37. The van der Waals surface area contributed by atoms with E-state index in [4.69, 9.17) is 0 Å². The fraction of sp³-hybridized carbons (Fsp3) is 0.581. The summed E-state index contributed by atoms with van der Waals surface area (Å²) in [5.41, 5.74) is 4.53. The number of nitrogens with zero attached hydrogens (tertiary/aromatic N) is 4. The van der Waals surface area contributed by atoms with Crippen molar-refractivity contribution >= 4 is 17.2 Å². The fourth-order valence-electron chi connectivity index (χ4n) is 7.22. The molecule has 0 bridgehead atoms. The van der Waals surface area contributed by atoms with E-state index < -0.39 is 0 Å². The van der Waals surface area contributed by atoms with Crippen LogP contribution in [-0.2, 0) is 13.0 Å². The van der Waals surface area contributed by atoms with Crippen LogP contribution in [0.2, 0.25) is 0 Å². The number of aryl methyl sites for hydroxylation is 3. The maximum absolute atomic E-state index is 13.8. The van der Waals surface area contributed by atoms with Crippen molar-refractivity contribution in [3.05, 3.63) is 72.6 Å². The molecule has 1 N–H and O–H groups in total. The Morgan fingerprint density at radius 2 is 1.87 bits per heavy atom. The molecule has 1 saturated carbocycles. The zero-order valence-corrected chi connectivity index (χ0v) is 24.5. The summed E-state index contributed by atoms with van der Waals surface area (Å²) in [4.78, 5) is 36.6. The lowest BCUT2D eigenvalue weighted by molar-refractivity contribution is 0.0270. The number of likely N-dealkylation sites (tertiary alicyclic amines) is 1. The second-order valence-electron chi connectivity index (χ2n) is 12.1. The number of fused-ring (bicyclic) bond motifs is 1. The molecule has 6 rings (SSSR count). The van der Waals surface area contributed by atoms with Gasteiger partial charge in [0.25, 0.3) is 11.5 Å². The maximum Gasteiger partial charge on any atom is 0.255 e. The van der Waals surface area contributed by atoms with Crippen molar-refractivity contribution in [3.63, 3.8) is 0 Å². The Balaban J connectivity index is 1.12. The van der Waals surface area contributed by atoms with E-state index in [0.717, 1.165) is 42.8 Å². The van der Waals surface area contributed by atoms with Crippen LogP contribution in [0, 0.1) is 26.7 Å². The number of pyridine rings is 1. The average Bonchev–Trinajstić information content (AvgIpc) is 3.48. The first kappa shape index (κ1) is 26.5. The van der Waals surface area contributed by atoms with Crippen LogP contribution >= 0.6 is 11.3 Å². The molecule has 208 valence electrons. The van der Waals surface area contributed by atoms with Gasteiger partial charge in [0, 0.05) is 59.1 Å². The van der Waals surface area contributed by atoms with Gasteiger partial charge in [-0.1, -0.05) is 6.92 Å². The van der Waals surface area contributed by atoms with Crippen LogP contribution in [0.3, 0.4) is 0 Å². The molecule has 1 amide bonds. The molecule has 8 heteroatoms. The Bertz CT molecular complexity index is 1390. The first-order valence-corrected chi connectivity index (χ1v) is 15.5. The largest absolute Gasteiger partial charge is 0.334 e. The highest BCUT2D eigenvalue weighted by Crippen LogP contribution is 2.44. The smallest absolute Gasteiger partial charge is 0.255 e. The number of carbonyl (C=O) groups is 1. The number of carbonyl (C=O) groups excluding carboxylic acids is 1. The van der Waals surface area contributed by atoms with E-state index >= 15 is 0 Å². The van der Waals surface area contributed by atoms with Crippen molar-refractivity contribution in [1.29, 1.82) is 0 Å². The number of nitrogens with one attached hydrogen (secondary N) is 1. The molecular weight excluding hydrogens is 506 g/mol. The minimum atomic E-state index is -0.0770. The second-order valence-corrected chi connectivity index (χ2v) is 13.3. The molecule has 3 aliphatic rings. The molecule has 1 aliphatic carbocycles. The first-order chi connectivity index (χ1) is 18.8. The highest BCUT2D eigenvalue weighted by molar-refractivity contribution is 7.12. The highest BCUT2D eigenvalue weighted by atomic mass is 32.1. The van der Waals surface area contributed by atoms with Gasteiger partial charge in [0.05, 0.1) is 18.2 Å². The number of H-pyrrole nitrogens is 1. The number of rotatable bonds is 6. The quantitative estimate of drug-likeness (QED) is 0.451. The van der Waals surface area contributed by atoms with E-state index in [1.165, 1.54) is 41.0 Å². The predicted molar refractivity (Wildman–Crippen MR) is 156 cm³/mol. The molecule has 3 aromatic rings. The lowest BCUT2D eigenvalue weighted by Crippen LogP contribution is -2.53. The monoisotopic (exact) mass is 547 g/mol. The second kappa shape index (κ2) is 10.7. The molecule has 1 saturated heterocycles. The number of thiophene rings is 1. The maximum atomic E-state index is 13.8. The van der Waals surface area contributed by atoms with Crippen LogP contribution in [0.25, 0.3) is 0 Å². The van der Waals surface area contributed by atoms with E-state index in [9.17, 15) is 9.59 Å². The Hall–Kier alpha value is -2.71. The Morgan fingerprint density at radius 3 is 2.56 bits per heavy atom. The van der Waals surface area contributed by atoms with Gasteiger partial charge in [0.15, 0.2) is 0 Å². The Labute approximate surface area is 235 Å². The molecular formula is C31H41N5O2S. The molecule has 2 fully saturated rings. The third-order valence-electron chi connectivity index (χ3n) is 9.60. The molecule has 1 unspecified atom stereocenters. The topological polar surface area (TPSA) is 74.2 Å². The normalized spacial score (nSPS) is 23.4. The standard InChI is InChI=1S/C31H41N5O2S/c1-19-15-20(2)33-30(37)26(19)18-34-13-5-7-27-28(31(34)38)22(4)29(39-27)21(3)23-8-10-24(11-9-23)35-16-25(17-35)36-14-6-12-32-36/h6,12,14-15,21,23-25H,5,7-11,13,16-18H2,1-4H3,(H,33,37). The Kier molecular flexibility index (Phi) is 7.27. The number of hydrogen-bond donors (Lipinski definition) is 1. The molecule has 39 heavy (non-hydrogen) atoms. The third kappa shape index (κ3) is 5.02. The minimum Gasteiger partial charge on any atom is -0.334 e. The number of aromatic amines is 1. The molecule has 0 spiro atoms. The summed E-state index contributed by atoms with van der Waals surface area (Å²) in [6.45, 7) is 11.7. The summed E-state index contributed by atoms with van der Waals surface area (Å²) in [5.74, 6) is 1.24. The van der Waals surface area contributed by atoms with E-state index in [0.29, 0.717) is 42.6 Å². The van der Waals surface area contributed by atoms with Crippen molar-refractivity contribution in [2.75, 3.05) is 19.6 Å². The van der Waals surface area contributed by atoms with Crippen molar-refractivity contribution in [2.24, 2.45) is 5.92 Å². The lowest BCUT2D eigenvalue weighted by atomic mass is 9.76. The summed E-state index contributed by atoms with van der Waals surface area (Å²) < 4.78 is 2.11. The van der Waals surface area contributed by atoms with Crippen LogP contribution in [0.5, 0.6) is 0 Å². The lowest BCUT2D eigenvalue weighted by Gasteiger charge is -2.47. The van der Waals surface area contributed by atoms with E-state index in [2.05, 4.69) is 39.7 Å². The summed E-state index contributed by atoms with van der Waals surface area (Å²) in [6, 6.07) is 5.24. The summed E-state index contributed by atoms with van der Waals surface area (Å²) in [6.07, 6.45) is 10.9. The number of amides is 1. The van der Waals surface area contributed by atoms with Crippen LogP contribution in [0.4, 0.5) is 0 Å². The van der Waals surface area contributed by atoms with Gasteiger partial charge in [-0.3, -0.25) is 19.2 Å². The number of aromatic nitrogens is 3. The van der Waals surface area contributed by atoms with Gasteiger partial charge < -0.3 is 9.88 Å². The van der Waals surface area contributed by atoms with Gasteiger partial charge in [-0.2, -0.15) is 5.10 Å². The Morgan fingerprint density at radius 1 is 1.10 bits per heavy atom. The van der Waals surface area contributed by atoms with Crippen molar-refractivity contribution < 1.29 is 4.79 Å². The number of hydrogen-bond acceptors (Lipinski definition) is 5. The molecule has 5 heterocycles. The highest BCUT2D eigenvalue weighted by Gasteiger charge is 2.38. The van der Waals surface area contributed by atoms with Crippen LogP contribution in [0.1, 0.15) is 93.5 Å². The summed E-state index contributed by atoms with van der Waals surface area (Å²) >= 11 is 1.88. The molecule has 0 radical (unpaired) electrons. The average molecular weight is 548 g/mol. The van der Waals surface area contributed by atoms with Crippen LogP contribution < -0.4 is 5.56 Å². The fourth-order valence-corrected chi connectivity index (χ4v) is 8.71. The van der Waals surface area contributed by atoms with Crippen LogP contribution in [-0.4, -0.2) is 56.1 Å². The molecule has 1 atom stereocenters. The summed E-state index contributed by atoms with van der Waals surface area (Å²) in [7, 11) is 0. The van der Waals surface area contributed by atoms with Gasteiger partial charge in [-0.25, -0.2) is 0 Å². The van der Waals surface area contributed by atoms with Crippen molar-refractivity contribution in [1.82, 2.24) is 24.6 Å².